The number of hydrogen-bond donors (Lipinski definition) is 2. The van der Waals surface area contributed by atoms with E-state index in [1.165, 1.54) is 10.4 Å². The second-order valence-electron chi connectivity index (χ2n) is 8.39. The molecule has 182 valence electrons. The second-order valence-corrected chi connectivity index (χ2v) is 10.3. The zero-order valence-corrected chi connectivity index (χ0v) is 20.1. The summed E-state index contributed by atoms with van der Waals surface area (Å²) in [6.07, 6.45) is 0.878. The van der Waals surface area contributed by atoms with Gasteiger partial charge < -0.3 is 20.1 Å². The number of benzene rings is 2. The largest absolute Gasteiger partial charge is 0.494 e. The van der Waals surface area contributed by atoms with Crippen LogP contribution in [0.15, 0.2) is 41.3 Å². The topological polar surface area (TPSA) is 114 Å². The standard InChI is InChI=1S/C24H29N3O6S/c1-3-32-20-7-5-4-6-18(20)14-25-24(29)17-8-10-27(11-9-17)34(30,31)22-13-21-19(12-16(22)2)26-23(28)15-33-21/h4-7,12-13,17H,3,8-11,14-15H2,1-2H3,(H,25,29)(H,26,28). The van der Waals surface area contributed by atoms with Crippen LogP contribution in [0.25, 0.3) is 0 Å². The van der Waals surface area contributed by atoms with Crippen LogP contribution in [0.4, 0.5) is 5.69 Å². The van der Waals surface area contributed by atoms with Crippen LogP contribution in [0.2, 0.25) is 0 Å². The van der Waals surface area contributed by atoms with E-state index in [4.69, 9.17) is 9.47 Å². The van der Waals surface area contributed by atoms with Crippen LogP contribution in [0.1, 0.15) is 30.9 Å². The Morgan fingerprint density at radius 1 is 1.24 bits per heavy atom. The number of carbonyl (C=O) groups is 2. The number of rotatable bonds is 7. The van der Waals surface area contributed by atoms with Gasteiger partial charge in [-0.2, -0.15) is 4.31 Å². The Hall–Kier alpha value is -3.11. The van der Waals surface area contributed by atoms with Crippen LogP contribution in [0.5, 0.6) is 11.5 Å². The van der Waals surface area contributed by atoms with Crippen LogP contribution >= 0.6 is 0 Å². The number of fused-ring (bicyclic) bond motifs is 1. The Kier molecular flexibility index (Phi) is 7.08. The monoisotopic (exact) mass is 487 g/mol. The maximum absolute atomic E-state index is 13.3. The first kappa shape index (κ1) is 24.0. The van der Waals surface area contributed by atoms with Gasteiger partial charge in [-0.15, -0.1) is 0 Å². The zero-order valence-electron chi connectivity index (χ0n) is 19.3. The van der Waals surface area contributed by atoms with Gasteiger partial charge >= 0.3 is 0 Å². The molecule has 2 heterocycles. The molecule has 0 atom stereocenters. The SMILES string of the molecule is CCOc1ccccc1CNC(=O)C1CCN(S(=O)(=O)c2cc3c(cc2C)NC(=O)CO3)CC1. The highest BCUT2D eigenvalue weighted by atomic mass is 32.2. The number of nitrogens with one attached hydrogen (secondary N) is 2. The summed E-state index contributed by atoms with van der Waals surface area (Å²) in [4.78, 5) is 24.4. The first-order valence-electron chi connectivity index (χ1n) is 11.4. The number of hydrogen-bond acceptors (Lipinski definition) is 6. The smallest absolute Gasteiger partial charge is 0.262 e. The molecule has 1 saturated heterocycles. The molecule has 2 aliphatic heterocycles. The molecule has 9 nitrogen and oxygen atoms in total. The van der Waals surface area contributed by atoms with Gasteiger partial charge in [-0.05, 0) is 44.4 Å². The summed E-state index contributed by atoms with van der Waals surface area (Å²) in [6, 6.07) is 10.6. The lowest BCUT2D eigenvalue weighted by atomic mass is 9.97. The van der Waals surface area contributed by atoms with Crippen LogP contribution in [0.3, 0.4) is 0 Å². The van der Waals surface area contributed by atoms with Crippen LogP contribution < -0.4 is 20.1 Å². The maximum Gasteiger partial charge on any atom is 0.262 e. The fourth-order valence-corrected chi connectivity index (χ4v) is 5.96. The van der Waals surface area contributed by atoms with E-state index in [1.54, 1.807) is 13.0 Å². The van der Waals surface area contributed by atoms with Crippen LogP contribution in [0, 0.1) is 12.8 Å². The van der Waals surface area contributed by atoms with Gasteiger partial charge in [0.1, 0.15) is 11.5 Å². The Morgan fingerprint density at radius 2 is 1.97 bits per heavy atom. The minimum atomic E-state index is -3.76. The summed E-state index contributed by atoms with van der Waals surface area (Å²) < 4.78 is 39.0. The molecule has 0 unspecified atom stereocenters. The molecule has 0 aromatic heterocycles. The van der Waals surface area contributed by atoms with Gasteiger partial charge in [0.25, 0.3) is 5.91 Å². The third-order valence-corrected chi connectivity index (χ3v) is 8.12. The summed E-state index contributed by atoms with van der Waals surface area (Å²) in [5.74, 6) is 0.469. The highest BCUT2D eigenvalue weighted by molar-refractivity contribution is 7.89. The van der Waals surface area contributed by atoms with E-state index >= 15 is 0 Å². The average molecular weight is 488 g/mol. The molecule has 2 aromatic rings. The maximum atomic E-state index is 13.3. The molecular formula is C24H29N3O6S. The van der Waals surface area contributed by atoms with E-state index in [0.717, 1.165) is 11.3 Å². The Labute approximate surface area is 199 Å². The molecule has 2 N–H and O–H groups in total. The number of nitrogens with zero attached hydrogens (tertiary/aromatic N) is 1. The predicted octanol–water partition coefficient (Wildman–Crippen LogP) is 2.44. The molecule has 0 spiro atoms. The average Bonchev–Trinajstić information content (AvgIpc) is 2.83. The Bertz CT molecular complexity index is 1190. The van der Waals surface area contributed by atoms with Gasteiger partial charge in [0.05, 0.1) is 17.2 Å². The molecule has 0 bridgehead atoms. The van der Waals surface area contributed by atoms with Crippen molar-refractivity contribution in [3.05, 3.63) is 47.5 Å². The number of carbonyl (C=O) groups excluding carboxylic acids is 2. The first-order valence-corrected chi connectivity index (χ1v) is 12.8. The second kappa shape index (κ2) is 10.0. The van der Waals surface area contributed by atoms with E-state index in [0.29, 0.717) is 43.0 Å². The molecule has 2 aromatic carbocycles. The van der Waals surface area contributed by atoms with Crippen molar-refractivity contribution in [2.24, 2.45) is 5.92 Å². The molecular weight excluding hydrogens is 458 g/mol. The molecule has 1 fully saturated rings. The number of piperidine rings is 1. The fraction of sp³-hybridized carbons (Fsp3) is 0.417. The van der Waals surface area contributed by atoms with Gasteiger partial charge in [-0.1, -0.05) is 18.2 Å². The molecule has 0 saturated carbocycles. The first-order chi connectivity index (χ1) is 16.3. The summed E-state index contributed by atoms with van der Waals surface area (Å²) in [6.45, 7) is 4.86. The van der Waals surface area contributed by atoms with Gasteiger partial charge in [-0.3, -0.25) is 9.59 Å². The van der Waals surface area contributed by atoms with Crippen molar-refractivity contribution >= 4 is 27.5 Å². The number of amides is 2. The molecule has 0 aliphatic carbocycles. The van der Waals surface area contributed by atoms with Crippen molar-refractivity contribution in [1.29, 1.82) is 0 Å². The van der Waals surface area contributed by atoms with Crippen molar-refractivity contribution < 1.29 is 27.5 Å². The van der Waals surface area contributed by atoms with E-state index in [9.17, 15) is 18.0 Å². The van der Waals surface area contributed by atoms with Crippen molar-refractivity contribution in [2.75, 3.05) is 31.6 Å². The lowest BCUT2D eigenvalue weighted by molar-refractivity contribution is -0.126. The van der Waals surface area contributed by atoms with Crippen molar-refractivity contribution in [1.82, 2.24) is 9.62 Å². The van der Waals surface area contributed by atoms with E-state index in [-0.39, 0.29) is 42.3 Å². The molecule has 2 amide bonds. The summed E-state index contributed by atoms with van der Waals surface area (Å²) >= 11 is 0. The number of aryl methyl sites for hydroxylation is 1. The lowest BCUT2D eigenvalue weighted by Gasteiger charge is -2.31. The van der Waals surface area contributed by atoms with Crippen LogP contribution in [-0.4, -0.2) is 50.8 Å². The van der Waals surface area contributed by atoms with E-state index in [2.05, 4.69) is 10.6 Å². The summed E-state index contributed by atoms with van der Waals surface area (Å²) in [7, 11) is -3.76. The van der Waals surface area contributed by atoms with Crippen molar-refractivity contribution in [3.63, 3.8) is 0 Å². The fourth-order valence-electron chi connectivity index (χ4n) is 4.26. The van der Waals surface area contributed by atoms with Crippen molar-refractivity contribution in [2.45, 2.75) is 38.1 Å². The molecule has 2 aliphatic rings. The van der Waals surface area contributed by atoms with Gasteiger partial charge in [0.15, 0.2) is 6.61 Å². The van der Waals surface area contributed by atoms with Gasteiger partial charge in [0, 0.05) is 37.2 Å². The Balaban J connectivity index is 1.38. The van der Waals surface area contributed by atoms with Crippen LogP contribution in [-0.2, 0) is 26.2 Å². The highest BCUT2D eigenvalue weighted by Gasteiger charge is 2.34. The minimum absolute atomic E-state index is 0.0857. The quantitative estimate of drug-likeness (QED) is 0.620. The van der Waals surface area contributed by atoms with Gasteiger partial charge in [-0.25, -0.2) is 8.42 Å². The molecule has 10 heteroatoms. The highest BCUT2D eigenvalue weighted by Crippen LogP contribution is 2.35. The number of ether oxygens (including phenoxy) is 2. The van der Waals surface area contributed by atoms with E-state index in [1.807, 2.05) is 31.2 Å². The Morgan fingerprint density at radius 3 is 2.71 bits per heavy atom. The third-order valence-electron chi connectivity index (χ3n) is 6.08. The molecule has 0 radical (unpaired) electrons. The normalized spacial score (nSPS) is 16.8. The third kappa shape index (κ3) is 5.02. The summed E-state index contributed by atoms with van der Waals surface area (Å²) in [5.41, 5.74) is 1.89. The minimum Gasteiger partial charge on any atom is -0.494 e. The lowest BCUT2D eigenvalue weighted by Crippen LogP contribution is -2.43. The number of sulfonamides is 1. The van der Waals surface area contributed by atoms with E-state index < -0.39 is 10.0 Å². The molecule has 34 heavy (non-hydrogen) atoms. The number of anilines is 1. The number of para-hydroxylation sites is 1. The molecule has 4 rings (SSSR count). The predicted molar refractivity (Wildman–Crippen MR) is 126 cm³/mol. The zero-order chi connectivity index (χ0) is 24.3. The van der Waals surface area contributed by atoms with Gasteiger partial charge in [0.2, 0.25) is 15.9 Å². The summed E-state index contributed by atoms with van der Waals surface area (Å²) in [5, 5.41) is 5.65. The van der Waals surface area contributed by atoms with Crippen molar-refractivity contribution in [3.8, 4) is 11.5 Å².